The van der Waals surface area contributed by atoms with Crippen LogP contribution in [0.15, 0.2) is 64.1 Å². The Hall–Kier alpha value is -2.51. The number of carbonyl (C=O) groups excluding carboxylic acids is 1. The van der Waals surface area contributed by atoms with Crippen LogP contribution in [0, 0.1) is 0 Å². The van der Waals surface area contributed by atoms with Crippen molar-refractivity contribution in [2.75, 3.05) is 26.2 Å². The lowest BCUT2D eigenvalue weighted by Gasteiger charge is -2.35. The Morgan fingerprint density at radius 3 is 2.64 bits per heavy atom. The topological polar surface area (TPSA) is 58.4 Å². The van der Waals surface area contributed by atoms with E-state index in [0.29, 0.717) is 13.1 Å². The van der Waals surface area contributed by atoms with Gasteiger partial charge in [0.05, 0.1) is 5.52 Å². The van der Waals surface area contributed by atoms with Crippen molar-refractivity contribution in [3.63, 3.8) is 0 Å². The first-order valence-corrected chi connectivity index (χ1v) is 10.1. The zero-order valence-electron chi connectivity index (χ0n) is 15.4. The molecule has 0 unspecified atom stereocenters. The van der Waals surface area contributed by atoms with E-state index in [1.165, 1.54) is 16.2 Å². The molecule has 6 nitrogen and oxygen atoms in total. The zero-order chi connectivity index (χ0) is 19.5. The third kappa shape index (κ3) is 4.15. The van der Waals surface area contributed by atoms with Gasteiger partial charge >= 0.3 is 0 Å². The number of halogens is 1. The number of piperazine rings is 1. The van der Waals surface area contributed by atoms with Crippen LogP contribution in [0.3, 0.4) is 0 Å². The molecule has 7 heteroatoms. The molecule has 1 amide bonds. The van der Waals surface area contributed by atoms with E-state index in [1.807, 2.05) is 17.2 Å². The second-order valence-corrected chi connectivity index (χ2v) is 7.88. The first-order chi connectivity index (χ1) is 13.6. The molecule has 1 fully saturated rings. The molecule has 1 aromatic carbocycles. The zero-order valence-corrected chi connectivity index (χ0v) is 17.0. The number of hydrogen-bond donors (Lipinski definition) is 0. The molecule has 0 radical (unpaired) electrons. The van der Waals surface area contributed by atoms with Gasteiger partial charge in [0.1, 0.15) is 6.54 Å². The van der Waals surface area contributed by atoms with Gasteiger partial charge in [-0.05, 0) is 33.6 Å². The molecule has 28 heavy (non-hydrogen) atoms. The van der Waals surface area contributed by atoms with E-state index in [1.54, 1.807) is 12.3 Å². The lowest BCUT2D eigenvalue weighted by molar-refractivity contribution is -0.133. The molecule has 0 atom stereocenters. The Bertz CT molecular complexity index is 1050. The quantitative estimate of drug-likeness (QED) is 0.625. The summed E-state index contributed by atoms with van der Waals surface area (Å²) in [6, 6.07) is 13.4. The first kappa shape index (κ1) is 18.8. The molecule has 0 bridgehead atoms. The highest BCUT2D eigenvalue weighted by atomic mass is 79.9. The molecule has 3 heterocycles. The van der Waals surface area contributed by atoms with Crippen molar-refractivity contribution in [1.29, 1.82) is 0 Å². The van der Waals surface area contributed by atoms with Crippen LogP contribution in [0.4, 0.5) is 0 Å². The SMILES string of the molecule is O=C(Cn1cc(Br)ccc1=O)N1CCN(Cc2cccc3cccnc23)CC1. The summed E-state index contributed by atoms with van der Waals surface area (Å²) in [4.78, 5) is 33.2. The number of amides is 1. The maximum atomic E-state index is 12.6. The van der Waals surface area contributed by atoms with Crippen LogP contribution in [0.2, 0.25) is 0 Å². The smallest absolute Gasteiger partial charge is 0.251 e. The van der Waals surface area contributed by atoms with Gasteiger partial charge in [0.2, 0.25) is 5.91 Å². The molecule has 2 aromatic heterocycles. The third-order valence-electron chi connectivity index (χ3n) is 5.09. The Morgan fingerprint density at radius 2 is 1.82 bits per heavy atom. The van der Waals surface area contributed by atoms with Crippen molar-refractivity contribution in [2.24, 2.45) is 0 Å². The van der Waals surface area contributed by atoms with Crippen LogP contribution in [0.1, 0.15) is 5.56 Å². The van der Waals surface area contributed by atoms with Gasteiger partial charge in [-0.2, -0.15) is 0 Å². The van der Waals surface area contributed by atoms with Crippen LogP contribution in [0.25, 0.3) is 10.9 Å². The molecule has 0 aliphatic carbocycles. The molecular weight excluding hydrogens is 420 g/mol. The van der Waals surface area contributed by atoms with Crippen LogP contribution in [-0.2, 0) is 17.9 Å². The van der Waals surface area contributed by atoms with Gasteiger partial charge in [0.15, 0.2) is 0 Å². The van der Waals surface area contributed by atoms with E-state index in [9.17, 15) is 9.59 Å². The predicted octanol–water partition coefficient (Wildman–Crippen LogP) is 2.50. The van der Waals surface area contributed by atoms with E-state index in [0.717, 1.165) is 35.0 Å². The minimum atomic E-state index is -0.168. The van der Waals surface area contributed by atoms with E-state index in [2.05, 4.69) is 50.1 Å². The van der Waals surface area contributed by atoms with Crippen molar-refractivity contribution in [3.8, 4) is 0 Å². The highest BCUT2D eigenvalue weighted by Crippen LogP contribution is 2.18. The van der Waals surface area contributed by atoms with Gasteiger partial charge in [-0.3, -0.25) is 19.5 Å². The fourth-order valence-corrected chi connectivity index (χ4v) is 3.94. The Balaban J connectivity index is 1.37. The van der Waals surface area contributed by atoms with Gasteiger partial charge in [0.25, 0.3) is 5.56 Å². The summed E-state index contributed by atoms with van der Waals surface area (Å²) in [5.41, 5.74) is 2.08. The maximum Gasteiger partial charge on any atom is 0.251 e. The standard InChI is InChI=1S/C21H21BrN4O2/c22-18-6-7-19(27)26(14-18)15-20(28)25-11-9-24(10-12-25)13-17-4-1-3-16-5-2-8-23-21(16)17/h1-8,14H,9-13,15H2. The average molecular weight is 441 g/mol. The third-order valence-corrected chi connectivity index (χ3v) is 5.56. The fourth-order valence-electron chi connectivity index (χ4n) is 3.56. The second-order valence-electron chi connectivity index (χ2n) is 6.96. The minimum absolute atomic E-state index is 0.0216. The lowest BCUT2D eigenvalue weighted by Crippen LogP contribution is -2.49. The summed E-state index contributed by atoms with van der Waals surface area (Å²) >= 11 is 3.34. The Morgan fingerprint density at radius 1 is 1.04 bits per heavy atom. The molecular formula is C21H21BrN4O2. The van der Waals surface area contributed by atoms with Gasteiger partial charge < -0.3 is 9.47 Å². The van der Waals surface area contributed by atoms with Crippen LogP contribution in [-0.4, -0.2) is 51.4 Å². The van der Waals surface area contributed by atoms with E-state index in [-0.39, 0.29) is 18.0 Å². The van der Waals surface area contributed by atoms with E-state index < -0.39 is 0 Å². The number of hydrogen-bond acceptors (Lipinski definition) is 4. The molecule has 4 rings (SSSR count). The molecule has 144 valence electrons. The summed E-state index contributed by atoms with van der Waals surface area (Å²) in [5, 5.41) is 1.15. The first-order valence-electron chi connectivity index (χ1n) is 9.29. The van der Waals surface area contributed by atoms with Crippen molar-refractivity contribution in [2.45, 2.75) is 13.1 Å². The Labute approximate surface area is 171 Å². The number of rotatable bonds is 4. The van der Waals surface area contributed by atoms with Gasteiger partial charge in [-0.25, -0.2) is 0 Å². The molecule has 0 saturated carbocycles. The molecule has 1 saturated heterocycles. The van der Waals surface area contributed by atoms with Crippen molar-refractivity contribution in [3.05, 3.63) is 75.2 Å². The molecule has 3 aromatic rings. The molecule has 1 aliphatic rings. The summed E-state index contributed by atoms with van der Waals surface area (Å²) < 4.78 is 2.23. The van der Waals surface area contributed by atoms with Gasteiger partial charge in [-0.1, -0.05) is 24.3 Å². The van der Waals surface area contributed by atoms with Crippen molar-refractivity contribution >= 4 is 32.7 Å². The van der Waals surface area contributed by atoms with Crippen LogP contribution >= 0.6 is 15.9 Å². The monoisotopic (exact) mass is 440 g/mol. The summed E-state index contributed by atoms with van der Waals surface area (Å²) in [7, 11) is 0. The summed E-state index contributed by atoms with van der Waals surface area (Å²) in [5.74, 6) is -0.0216. The number of benzene rings is 1. The molecule has 1 aliphatic heterocycles. The number of aromatic nitrogens is 2. The van der Waals surface area contributed by atoms with Crippen LogP contribution < -0.4 is 5.56 Å². The molecule has 0 spiro atoms. The van der Waals surface area contributed by atoms with Crippen molar-refractivity contribution < 1.29 is 4.79 Å². The number of carbonyl (C=O) groups is 1. The number of fused-ring (bicyclic) bond motifs is 1. The lowest BCUT2D eigenvalue weighted by atomic mass is 10.1. The largest absolute Gasteiger partial charge is 0.339 e. The van der Waals surface area contributed by atoms with E-state index in [4.69, 9.17) is 0 Å². The number of para-hydroxylation sites is 1. The van der Waals surface area contributed by atoms with Gasteiger partial charge in [-0.15, -0.1) is 0 Å². The number of nitrogens with zero attached hydrogens (tertiary/aromatic N) is 4. The second kappa shape index (κ2) is 8.24. The van der Waals surface area contributed by atoms with E-state index >= 15 is 0 Å². The summed E-state index contributed by atoms with van der Waals surface area (Å²) in [6.07, 6.45) is 3.48. The van der Waals surface area contributed by atoms with Crippen molar-refractivity contribution in [1.82, 2.24) is 19.4 Å². The van der Waals surface area contributed by atoms with Crippen LogP contribution in [0.5, 0.6) is 0 Å². The fraction of sp³-hybridized carbons (Fsp3) is 0.286. The molecule has 0 N–H and O–H groups in total. The van der Waals surface area contributed by atoms with Gasteiger partial charge in [0, 0.05) is 61.0 Å². The predicted molar refractivity (Wildman–Crippen MR) is 112 cm³/mol. The average Bonchev–Trinajstić information content (AvgIpc) is 2.71. The summed E-state index contributed by atoms with van der Waals surface area (Å²) in [6.45, 7) is 3.84. The number of pyridine rings is 2. The minimum Gasteiger partial charge on any atom is -0.339 e. The highest BCUT2D eigenvalue weighted by molar-refractivity contribution is 9.10. The Kier molecular flexibility index (Phi) is 5.54. The highest BCUT2D eigenvalue weighted by Gasteiger charge is 2.22. The normalized spacial score (nSPS) is 15.1. The maximum absolute atomic E-state index is 12.6.